The van der Waals surface area contributed by atoms with Gasteiger partial charge >= 0.3 is 24.7 Å². The highest BCUT2D eigenvalue weighted by molar-refractivity contribution is 5.29. The molecule has 0 aromatic rings. The monoisotopic (exact) mass is 512 g/mol. The van der Waals surface area contributed by atoms with Crippen LogP contribution in [0.5, 0.6) is 0 Å². The van der Waals surface area contributed by atoms with Gasteiger partial charge in [0.2, 0.25) is 11.1 Å². The zero-order chi connectivity index (χ0) is 26.1. The highest BCUT2D eigenvalue weighted by atomic mass is 19.4. The predicted molar refractivity (Wildman–Crippen MR) is 97.8 cm³/mol. The van der Waals surface area contributed by atoms with Crippen molar-refractivity contribution < 1.29 is 52.7 Å². The van der Waals surface area contributed by atoms with E-state index in [1.807, 2.05) is 0 Å². The third-order valence-electron chi connectivity index (χ3n) is 5.19. The Hall–Kier alpha value is -2.48. The molecular weight excluding hydrogens is 496 g/mol. The van der Waals surface area contributed by atoms with E-state index in [0.717, 1.165) is 48.6 Å². The van der Waals surface area contributed by atoms with Crippen molar-refractivity contribution in [1.82, 2.24) is 10.9 Å². The second-order valence-electron chi connectivity index (χ2n) is 7.22. The van der Waals surface area contributed by atoms with Gasteiger partial charge < -0.3 is 0 Å². The van der Waals surface area contributed by atoms with Gasteiger partial charge in [0.05, 0.1) is 0 Å². The van der Waals surface area contributed by atoms with Crippen molar-refractivity contribution in [2.45, 2.75) is 35.8 Å². The molecule has 0 radical (unpaired) electrons. The van der Waals surface area contributed by atoms with Crippen molar-refractivity contribution in [2.75, 3.05) is 0 Å². The van der Waals surface area contributed by atoms with E-state index in [0.29, 0.717) is 35.2 Å². The molecule has 0 spiro atoms. The van der Waals surface area contributed by atoms with Crippen LogP contribution in [0.2, 0.25) is 0 Å². The summed E-state index contributed by atoms with van der Waals surface area (Å²) in [5, 5.41) is 0. The van der Waals surface area contributed by atoms with Gasteiger partial charge in [-0.1, -0.05) is 72.9 Å². The maximum absolute atomic E-state index is 14.0. The number of allylic oxidation sites excluding steroid dienone is 8. The minimum Gasteiger partial charge on any atom is -0.233 e. The summed E-state index contributed by atoms with van der Waals surface area (Å²) >= 11 is 0. The Morgan fingerprint density at radius 1 is 0.353 bits per heavy atom. The maximum atomic E-state index is 14.0. The van der Waals surface area contributed by atoms with Crippen LogP contribution < -0.4 is 10.9 Å². The highest BCUT2D eigenvalue weighted by Gasteiger charge is 2.78. The minimum absolute atomic E-state index is 0.355. The van der Waals surface area contributed by atoms with Crippen molar-refractivity contribution in [2.24, 2.45) is 11.8 Å². The Morgan fingerprint density at radius 2 is 0.559 bits per heavy atom. The summed E-state index contributed by atoms with van der Waals surface area (Å²) in [7, 11) is 0. The van der Waals surface area contributed by atoms with E-state index in [1.54, 1.807) is 0 Å². The molecule has 0 fully saturated rings. The fraction of sp³-hybridized carbons (Fsp3) is 0.400. The quantitative estimate of drug-likeness (QED) is 0.329. The lowest BCUT2D eigenvalue weighted by molar-refractivity contribution is -0.345. The average molecular weight is 512 g/mol. The van der Waals surface area contributed by atoms with Gasteiger partial charge in [-0.3, -0.25) is 0 Å². The summed E-state index contributed by atoms with van der Waals surface area (Å²) in [5.41, 5.74) is -9.69. The van der Waals surface area contributed by atoms with E-state index in [2.05, 4.69) is 0 Å². The standard InChI is InChI=1S/C20H16F12N2/c21-17(22,23)15(18(24,25)26,13-9-5-1-2-6-10-13)33-34-16(19(27,28)29,20(30,31)32)14-11-7-3-4-8-12-14/h1-14,33-34H. The van der Waals surface area contributed by atoms with Gasteiger partial charge in [-0.2, -0.15) is 52.7 Å². The number of nitrogens with one attached hydrogen (secondary N) is 2. The summed E-state index contributed by atoms with van der Waals surface area (Å²) in [6.07, 6.45) is -17.0. The van der Waals surface area contributed by atoms with Crippen LogP contribution in [0.1, 0.15) is 0 Å². The highest BCUT2D eigenvalue weighted by Crippen LogP contribution is 2.52. The van der Waals surface area contributed by atoms with Crippen LogP contribution in [0.25, 0.3) is 0 Å². The number of hydrazine groups is 1. The second kappa shape index (κ2) is 9.29. The van der Waals surface area contributed by atoms with E-state index >= 15 is 0 Å². The van der Waals surface area contributed by atoms with Gasteiger partial charge in [0.1, 0.15) is 0 Å². The van der Waals surface area contributed by atoms with Crippen LogP contribution in [0, 0.1) is 11.8 Å². The van der Waals surface area contributed by atoms with Crippen LogP contribution in [0.3, 0.4) is 0 Å². The topological polar surface area (TPSA) is 24.1 Å². The van der Waals surface area contributed by atoms with Crippen LogP contribution in [-0.4, -0.2) is 35.8 Å². The van der Waals surface area contributed by atoms with E-state index in [1.165, 1.54) is 0 Å². The lowest BCUT2D eigenvalue weighted by Crippen LogP contribution is -2.80. The van der Waals surface area contributed by atoms with Gasteiger partial charge in [-0.15, -0.1) is 0 Å². The molecule has 2 N–H and O–H groups in total. The summed E-state index contributed by atoms with van der Waals surface area (Å²) in [5.74, 6) is -5.54. The number of rotatable bonds is 5. The van der Waals surface area contributed by atoms with Crippen LogP contribution in [-0.2, 0) is 0 Å². The van der Waals surface area contributed by atoms with Crippen molar-refractivity contribution in [3.8, 4) is 0 Å². The largest absolute Gasteiger partial charge is 0.417 e. The number of alkyl halides is 12. The summed E-state index contributed by atoms with van der Waals surface area (Å²) < 4.78 is 167. The van der Waals surface area contributed by atoms with E-state index < -0.39 is 47.6 Å². The maximum Gasteiger partial charge on any atom is 0.417 e. The summed E-state index contributed by atoms with van der Waals surface area (Å²) in [4.78, 5) is 0. The van der Waals surface area contributed by atoms with Gasteiger partial charge in [0, 0.05) is 11.8 Å². The molecule has 0 atom stereocenters. The van der Waals surface area contributed by atoms with Crippen LogP contribution >= 0.6 is 0 Å². The molecule has 2 nitrogen and oxygen atoms in total. The smallest absolute Gasteiger partial charge is 0.233 e. The van der Waals surface area contributed by atoms with Crippen molar-refractivity contribution in [3.63, 3.8) is 0 Å². The van der Waals surface area contributed by atoms with E-state index in [-0.39, 0.29) is 0 Å². The van der Waals surface area contributed by atoms with Crippen LogP contribution in [0.4, 0.5) is 52.7 Å². The minimum atomic E-state index is -6.40. The van der Waals surface area contributed by atoms with Crippen LogP contribution in [0.15, 0.2) is 72.9 Å². The Balaban J connectivity index is 2.75. The third kappa shape index (κ3) is 4.83. The van der Waals surface area contributed by atoms with Crippen molar-refractivity contribution in [3.05, 3.63) is 72.9 Å². The fourth-order valence-corrected chi connectivity index (χ4v) is 3.42. The van der Waals surface area contributed by atoms with Gasteiger partial charge in [-0.05, 0) is 0 Å². The molecule has 0 aromatic carbocycles. The molecule has 14 heteroatoms. The molecule has 190 valence electrons. The molecule has 0 heterocycles. The average Bonchev–Trinajstić information content (AvgIpc) is 3.06. The molecule has 2 aliphatic rings. The normalized spacial score (nSPS) is 19.1. The molecule has 0 aliphatic heterocycles. The molecule has 0 bridgehead atoms. The predicted octanol–water partition coefficient (Wildman–Crippen LogP) is 6.40. The first-order chi connectivity index (χ1) is 15.4. The summed E-state index contributed by atoms with van der Waals surface area (Å²) in [6.45, 7) is 0. The fourth-order valence-electron chi connectivity index (χ4n) is 3.42. The summed E-state index contributed by atoms with van der Waals surface area (Å²) in [6, 6.07) is 0. The molecule has 34 heavy (non-hydrogen) atoms. The van der Waals surface area contributed by atoms with Crippen molar-refractivity contribution in [1.29, 1.82) is 0 Å². The Bertz CT molecular complexity index is 760. The van der Waals surface area contributed by atoms with Gasteiger partial charge in [0.25, 0.3) is 0 Å². The number of hydrogen-bond donors (Lipinski definition) is 2. The lowest BCUT2D eigenvalue weighted by atomic mass is 9.80. The van der Waals surface area contributed by atoms with Crippen molar-refractivity contribution >= 4 is 0 Å². The van der Waals surface area contributed by atoms with E-state index in [9.17, 15) is 52.7 Å². The first-order valence-electron chi connectivity index (χ1n) is 9.26. The molecule has 2 rings (SSSR count). The molecule has 0 saturated carbocycles. The molecule has 0 aromatic heterocycles. The van der Waals surface area contributed by atoms with Gasteiger partial charge in [0.15, 0.2) is 0 Å². The molecule has 2 aliphatic carbocycles. The van der Waals surface area contributed by atoms with Gasteiger partial charge in [-0.25, -0.2) is 10.9 Å². The molecule has 0 amide bonds. The first kappa shape index (κ1) is 27.8. The Morgan fingerprint density at radius 3 is 0.735 bits per heavy atom. The zero-order valence-electron chi connectivity index (χ0n) is 16.6. The lowest BCUT2D eigenvalue weighted by Gasteiger charge is -2.47. The zero-order valence-corrected chi connectivity index (χ0v) is 16.6. The Kier molecular flexibility index (Phi) is 7.58. The molecule has 0 unspecified atom stereocenters. The van der Waals surface area contributed by atoms with E-state index in [4.69, 9.17) is 0 Å². The second-order valence-corrected chi connectivity index (χ2v) is 7.22. The first-order valence-corrected chi connectivity index (χ1v) is 9.26. The third-order valence-corrected chi connectivity index (χ3v) is 5.19. The number of halogens is 12. The SMILES string of the molecule is FC(F)(F)C(NNC(C1C=CC=CC=C1)(C(F)(F)F)C(F)(F)F)(C1C=CC=CC=C1)C(F)(F)F. The molecule has 0 saturated heterocycles. The number of hydrogen-bond acceptors (Lipinski definition) is 2. The Labute approximate surface area is 185 Å². The molecular formula is C20H16F12N2.